The fraction of sp³-hybridized carbons (Fsp3) is 0. The Morgan fingerprint density at radius 2 is 1.71 bits per heavy atom. The Labute approximate surface area is 97.6 Å². The molecule has 0 unspecified atom stereocenters. The van der Waals surface area contributed by atoms with Crippen molar-refractivity contribution in [1.29, 1.82) is 0 Å². The van der Waals surface area contributed by atoms with Crippen molar-refractivity contribution in [2.45, 2.75) is 0 Å². The second-order valence-corrected chi connectivity index (χ2v) is 3.43. The van der Waals surface area contributed by atoms with Crippen LogP contribution in [0.1, 0.15) is 5.56 Å². The van der Waals surface area contributed by atoms with E-state index in [2.05, 4.69) is 10.5 Å². The van der Waals surface area contributed by atoms with E-state index in [9.17, 15) is 8.78 Å². The summed E-state index contributed by atoms with van der Waals surface area (Å²) >= 11 is 0. The molecule has 0 aliphatic rings. The van der Waals surface area contributed by atoms with Crippen molar-refractivity contribution >= 4 is 11.9 Å². The van der Waals surface area contributed by atoms with Crippen molar-refractivity contribution in [3.63, 3.8) is 0 Å². The van der Waals surface area contributed by atoms with E-state index in [1.54, 1.807) is 24.3 Å². The number of nitrogens with zero attached hydrogens (tertiary/aromatic N) is 1. The van der Waals surface area contributed by atoms with E-state index in [-0.39, 0.29) is 11.6 Å². The highest BCUT2D eigenvalue weighted by atomic mass is 19.1. The topological polar surface area (TPSA) is 24.4 Å². The van der Waals surface area contributed by atoms with Gasteiger partial charge in [0.2, 0.25) is 0 Å². The first-order chi connectivity index (χ1) is 8.24. The zero-order valence-corrected chi connectivity index (χ0v) is 8.90. The summed E-state index contributed by atoms with van der Waals surface area (Å²) in [5.74, 6) is -0.611. The molecule has 0 heterocycles. The number of rotatable bonds is 3. The van der Waals surface area contributed by atoms with Crippen LogP contribution in [0.25, 0.3) is 0 Å². The van der Waals surface area contributed by atoms with Gasteiger partial charge in [0, 0.05) is 0 Å². The third-order valence-electron chi connectivity index (χ3n) is 2.10. The molecule has 86 valence electrons. The summed E-state index contributed by atoms with van der Waals surface area (Å²) in [6.45, 7) is 0. The smallest absolute Gasteiger partial charge is 0.123 e. The first kappa shape index (κ1) is 11.3. The first-order valence-corrected chi connectivity index (χ1v) is 5.04. The van der Waals surface area contributed by atoms with Gasteiger partial charge in [0.25, 0.3) is 0 Å². The summed E-state index contributed by atoms with van der Waals surface area (Å²) in [4.78, 5) is 0. The fourth-order valence-electron chi connectivity index (χ4n) is 1.29. The van der Waals surface area contributed by atoms with Crippen molar-refractivity contribution in [1.82, 2.24) is 0 Å². The summed E-state index contributed by atoms with van der Waals surface area (Å²) < 4.78 is 25.4. The van der Waals surface area contributed by atoms with E-state index in [0.717, 1.165) is 0 Å². The Balaban J connectivity index is 2.00. The van der Waals surface area contributed by atoms with E-state index in [0.29, 0.717) is 11.3 Å². The maximum atomic E-state index is 12.8. The van der Waals surface area contributed by atoms with E-state index < -0.39 is 0 Å². The van der Waals surface area contributed by atoms with Crippen LogP contribution in [0.4, 0.5) is 14.5 Å². The molecule has 0 saturated heterocycles. The standard InChI is InChI=1S/C13H10F2N2/c14-11-4-6-13(7-5-11)17-16-9-10-2-1-3-12(15)8-10/h1-9,17H/b16-9+. The molecule has 2 nitrogen and oxygen atoms in total. The third kappa shape index (κ3) is 3.38. The zero-order valence-electron chi connectivity index (χ0n) is 8.90. The average molecular weight is 232 g/mol. The maximum Gasteiger partial charge on any atom is 0.123 e. The van der Waals surface area contributed by atoms with E-state index in [1.165, 1.54) is 30.5 Å². The molecule has 0 fully saturated rings. The highest BCUT2D eigenvalue weighted by Crippen LogP contribution is 2.08. The first-order valence-electron chi connectivity index (χ1n) is 5.04. The summed E-state index contributed by atoms with van der Waals surface area (Å²) in [6, 6.07) is 11.9. The molecule has 0 saturated carbocycles. The molecule has 0 spiro atoms. The van der Waals surface area contributed by atoms with Crippen molar-refractivity contribution in [3.05, 3.63) is 65.7 Å². The number of hydrazone groups is 1. The highest BCUT2D eigenvalue weighted by molar-refractivity contribution is 5.80. The van der Waals surface area contributed by atoms with Gasteiger partial charge in [-0.25, -0.2) is 8.78 Å². The van der Waals surface area contributed by atoms with Gasteiger partial charge in [-0.2, -0.15) is 5.10 Å². The Hall–Kier alpha value is -2.23. The SMILES string of the molecule is Fc1ccc(N/N=C/c2cccc(F)c2)cc1. The van der Waals surface area contributed by atoms with Crippen LogP contribution in [0.5, 0.6) is 0 Å². The number of nitrogens with one attached hydrogen (secondary N) is 1. The van der Waals surface area contributed by atoms with Crippen molar-refractivity contribution < 1.29 is 8.78 Å². The molecular weight excluding hydrogens is 222 g/mol. The highest BCUT2D eigenvalue weighted by Gasteiger charge is 1.92. The summed E-state index contributed by atoms with van der Waals surface area (Å²) in [5.41, 5.74) is 4.04. The van der Waals surface area contributed by atoms with Crippen LogP contribution in [-0.2, 0) is 0 Å². The van der Waals surface area contributed by atoms with E-state index in [4.69, 9.17) is 0 Å². The van der Waals surface area contributed by atoms with Gasteiger partial charge in [0.05, 0.1) is 11.9 Å². The Bertz CT molecular complexity index is 521. The van der Waals surface area contributed by atoms with Crippen LogP contribution in [0.3, 0.4) is 0 Å². The lowest BCUT2D eigenvalue weighted by Gasteiger charge is -1.99. The second kappa shape index (κ2) is 5.21. The number of halogens is 2. The van der Waals surface area contributed by atoms with E-state index >= 15 is 0 Å². The van der Waals surface area contributed by atoms with Crippen LogP contribution in [0.15, 0.2) is 53.6 Å². The summed E-state index contributed by atoms with van der Waals surface area (Å²) in [7, 11) is 0. The molecule has 2 aromatic rings. The minimum Gasteiger partial charge on any atom is -0.279 e. The molecule has 1 N–H and O–H groups in total. The molecule has 0 radical (unpaired) electrons. The maximum absolute atomic E-state index is 12.8. The van der Waals surface area contributed by atoms with Crippen LogP contribution in [0, 0.1) is 11.6 Å². The zero-order chi connectivity index (χ0) is 12.1. The van der Waals surface area contributed by atoms with Gasteiger partial charge in [-0.3, -0.25) is 5.43 Å². The molecule has 0 aliphatic heterocycles. The fourth-order valence-corrected chi connectivity index (χ4v) is 1.29. The number of anilines is 1. The Kier molecular flexibility index (Phi) is 3.45. The molecule has 2 aromatic carbocycles. The van der Waals surface area contributed by atoms with Crippen molar-refractivity contribution in [2.24, 2.45) is 5.10 Å². The van der Waals surface area contributed by atoms with Crippen LogP contribution >= 0.6 is 0 Å². The average Bonchev–Trinajstić information content (AvgIpc) is 2.32. The molecule has 0 aromatic heterocycles. The minimum absolute atomic E-state index is 0.301. The molecule has 4 heteroatoms. The lowest BCUT2D eigenvalue weighted by molar-refractivity contribution is 0.627. The third-order valence-corrected chi connectivity index (χ3v) is 2.10. The predicted octanol–water partition coefficient (Wildman–Crippen LogP) is 3.41. The number of benzene rings is 2. The van der Waals surface area contributed by atoms with Gasteiger partial charge in [0.1, 0.15) is 11.6 Å². The van der Waals surface area contributed by atoms with Gasteiger partial charge >= 0.3 is 0 Å². The Morgan fingerprint density at radius 1 is 0.941 bits per heavy atom. The van der Waals surface area contributed by atoms with E-state index in [1.807, 2.05) is 0 Å². The summed E-state index contributed by atoms with van der Waals surface area (Å²) in [6.07, 6.45) is 1.49. The predicted molar refractivity (Wildman–Crippen MR) is 64.0 cm³/mol. The van der Waals surface area contributed by atoms with Gasteiger partial charge in [-0.1, -0.05) is 12.1 Å². The second-order valence-electron chi connectivity index (χ2n) is 3.43. The van der Waals surface area contributed by atoms with Gasteiger partial charge in [0.15, 0.2) is 0 Å². The summed E-state index contributed by atoms with van der Waals surface area (Å²) in [5, 5.41) is 3.92. The number of hydrogen-bond acceptors (Lipinski definition) is 2. The Morgan fingerprint density at radius 3 is 2.41 bits per heavy atom. The molecule has 0 amide bonds. The molecule has 0 aliphatic carbocycles. The number of hydrogen-bond donors (Lipinski definition) is 1. The van der Waals surface area contributed by atoms with Gasteiger partial charge in [-0.15, -0.1) is 0 Å². The molecule has 2 rings (SSSR count). The van der Waals surface area contributed by atoms with Crippen molar-refractivity contribution in [3.8, 4) is 0 Å². The van der Waals surface area contributed by atoms with Crippen molar-refractivity contribution in [2.75, 3.05) is 5.43 Å². The van der Waals surface area contributed by atoms with Crippen LogP contribution in [0.2, 0.25) is 0 Å². The van der Waals surface area contributed by atoms with Crippen LogP contribution < -0.4 is 5.43 Å². The quantitative estimate of drug-likeness (QED) is 0.636. The molecular formula is C13H10F2N2. The minimum atomic E-state index is -0.310. The molecule has 0 bridgehead atoms. The largest absolute Gasteiger partial charge is 0.279 e. The molecule has 17 heavy (non-hydrogen) atoms. The van der Waals surface area contributed by atoms with Crippen LogP contribution in [-0.4, -0.2) is 6.21 Å². The lowest BCUT2D eigenvalue weighted by atomic mass is 10.2. The lowest BCUT2D eigenvalue weighted by Crippen LogP contribution is -1.91. The van der Waals surface area contributed by atoms with Gasteiger partial charge in [-0.05, 0) is 42.0 Å². The van der Waals surface area contributed by atoms with Gasteiger partial charge < -0.3 is 0 Å². The normalized spacial score (nSPS) is 10.7. The monoisotopic (exact) mass is 232 g/mol. The molecule has 0 atom stereocenters.